The average molecular weight is 227 g/mol. The second kappa shape index (κ2) is 5.99. The Balaban J connectivity index is 2.28. The molecule has 1 rings (SSSR count). The molecule has 2 atom stereocenters. The highest BCUT2D eigenvalue weighted by atomic mass is 15.1. The Morgan fingerprint density at radius 3 is 2.69 bits per heavy atom. The summed E-state index contributed by atoms with van der Waals surface area (Å²) in [7, 11) is 2.22. The fraction of sp³-hybridized carbons (Fsp3) is 1.00. The largest absolute Gasteiger partial charge is 0.330 e. The Kier molecular flexibility index (Phi) is 5.22. The third-order valence-corrected chi connectivity index (χ3v) is 3.97. The standard InChI is InChI=1S/C13H29N3/c1-11(7-14)8-15-10-13(2,3)12-5-6-16(4)9-12/h11-12,15H,5-10,14H2,1-4H3. The molecule has 0 amide bonds. The smallest absolute Gasteiger partial charge is 0.00127 e. The summed E-state index contributed by atoms with van der Waals surface area (Å²) in [6.45, 7) is 12.4. The normalized spacial score (nSPS) is 24.9. The lowest BCUT2D eigenvalue weighted by molar-refractivity contribution is 0.204. The van der Waals surface area contributed by atoms with E-state index in [1.807, 2.05) is 0 Å². The number of rotatable bonds is 6. The van der Waals surface area contributed by atoms with Gasteiger partial charge in [0.1, 0.15) is 0 Å². The third kappa shape index (κ3) is 4.04. The summed E-state index contributed by atoms with van der Waals surface area (Å²) in [4.78, 5) is 2.44. The van der Waals surface area contributed by atoms with Gasteiger partial charge in [0, 0.05) is 13.1 Å². The lowest BCUT2D eigenvalue weighted by atomic mass is 9.78. The summed E-state index contributed by atoms with van der Waals surface area (Å²) in [6, 6.07) is 0. The molecule has 0 saturated carbocycles. The zero-order valence-corrected chi connectivity index (χ0v) is 11.4. The van der Waals surface area contributed by atoms with Gasteiger partial charge in [-0.3, -0.25) is 0 Å². The van der Waals surface area contributed by atoms with Crippen molar-refractivity contribution in [3.63, 3.8) is 0 Å². The van der Waals surface area contributed by atoms with Gasteiger partial charge in [-0.25, -0.2) is 0 Å². The second-order valence-electron chi connectivity index (χ2n) is 6.21. The molecule has 0 spiro atoms. The minimum atomic E-state index is 0.402. The van der Waals surface area contributed by atoms with Gasteiger partial charge in [0.05, 0.1) is 0 Å². The van der Waals surface area contributed by atoms with Crippen LogP contribution in [0.2, 0.25) is 0 Å². The highest BCUT2D eigenvalue weighted by Gasteiger charge is 2.33. The maximum Gasteiger partial charge on any atom is 0.00127 e. The molecule has 1 fully saturated rings. The van der Waals surface area contributed by atoms with Gasteiger partial charge in [-0.05, 0) is 50.4 Å². The van der Waals surface area contributed by atoms with Crippen molar-refractivity contribution in [2.45, 2.75) is 27.2 Å². The third-order valence-electron chi connectivity index (χ3n) is 3.97. The van der Waals surface area contributed by atoms with Gasteiger partial charge < -0.3 is 16.0 Å². The second-order valence-corrected chi connectivity index (χ2v) is 6.21. The Hall–Kier alpha value is -0.120. The first-order chi connectivity index (χ1) is 7.45. The molecule has 1 aliphatic rings. The highest BCUT2D eigenvalue weighted by molar-refractivity contribution is 4.86. The maximum atomic E-state index is 5.62. The Labute approximate surface area is 101 Å². The summed E-state index contributed by atoms with van der Waals surface area (Å²) < 4.78 is 0. The van der Waals surface area contributed by atoms with E-state index in [0.717, 1.165) is 25.6 Å². The van der Waals surface area contributed by atoms with Gasteiger partial charge in [-0.15, -0.1) is 0 Å². The van der Waals surface area contributed by atoms with Crippen molar-refractivity contribution in [2.75, 3.05) is 39.8 Å². The summed E-state index contributed by atoms with van der Waals surface area (Å²) in [6.07, 6.45) is 1.34. The van der Waals surface area contributed by atoms with Crippen LogP contribution in [-0.4, -0.2) is 44.7 Å². The van der Waals surface area contributed by atoms with Gasteiger partial charge in [0.15, 0.2) is 0 Å². The van der Waals surface area contributed by atoms with E-state index in [-0.39, 0.29) is 0 Å². The summed E-state index contributed by atoms with van der Waals surface area (Å²) in [5, 5.41) is 3.57. The number of hydrogen-bond donors (Lipinski definition) is 2. The van der Waals surface area contributed by atoms with Gasteiger partial charge >= 0.3 is 0 Å². The zero-order valence-electron chi connectivity index (χ0n) is 11.4. The number of hydrogen-bond acceptors (Lipinski definition) is 3. The van der Waals surface area contributed by atoms with Gasteiger partial charge in [-0.2, -0.15) is 0 Å². The maximum absolute atomic E-state index is 5.62. The van der Waals surface area contributed by atoms with E-state index < -0.39 is 0 Å². The number of nitrogens with zero attached hydrogens (tertiary/aromatic N) is 1. The molecular formula is C13H29N3. The Bertz CT molecular complexity index is 203. The van der Waals surface area contributed by atoms with Crippen LogP contribution in [0.3, 0.4) is 0 Å². The van der Waals surface area contributed by atoms with E-state index in [9.17, 15) is 0 Å². The predicted octanol–water partition coefficient (Wildman–Crippen LogP) is 1.15. The topological polar surface area (TPSA) is 41.3 Å². The molecule has 2 unspecified atom stereocenters. The van der Waals surface area contributed by atoms with E-state index >= 15 is 0 Å². The molecule has 3 N–H and O–H groups in total. The van der Waals surface area contributed by atoms with E-state index in [4.69, 9.17) is 5.73 Å². The molecule has 3 heteroatoms. The quantitative estimate of drug-likeness (QED) is 0.715. The Morgan fingerprint density at radius 2 is 2.19 bits per heavy atom. The van der Waals surface area contributed by atoms with Crippen LogP contribution in [0, 0.1) is 17.3 Å². The van der Waals surface area contributed by atoms with Crippen LogP contribution in [-0.2, 0) is 0 Å². The molecule has 0 aromatic heterocycles. The van der Waals surface area contributed by atoms with E-state index in [1.165, 1.54) is 19.5 Å². The minimum absolute atomic E-state index is 0.402. The van der Waals surface area contributed by atoms with E-state index in [0.29, 0.717) is 11.3 Å². The zero-order chi connectivity index (χ0) is 12.2. The summed E-state index contributed by atoms with van der Waals surface area (Å²) in [5.74, 6) is 1.42. The van der Waals surface area contributed by atoms with Crippen molar-refractivity contribution in [1.29, 1.82) is 0 Å². The van der Waals surface area contributed by atoms with Gasteiger partial charge in [-0.1, -0.05) is 20.8 Å². The monoisotopic (exact) mass is 227 g/mol. The molecule has 3 nitrogen and oxygen atoms in total. The lowest BCUT2D eigenvalue weighted by Crippen LogP contribution is -2.39. The molecule has 1 aliphatic heterocycles. The molecule has 0 aromatic carbocycles. The van der Waals surface area contributed by atoms with E-state index in [2.05, 4.69) is 38.0 Å². The van der Waals surface area contributed by atoms with Crippen molar-refractivity contribution >= 4 is 0 Å². The summed E-state index contributed by atoms with van der Waals surface area (Å²) >= 11 is 0. The molecule has 96 valence electrons. The molecule has 0 aliphatic carbocycles. The number of nitrogens with two attached hydrogens (primary N) is 1. The van der Waals surface area contributed by atoms with Gasteiger partial charge in [0.25, 0.3) is 0 Å². The van der Waals surface area contributed by atoms with E-state index in [1.54, 1.807) is 0 Å². The molecular weight excluding hydrogens is 198 g/mol. The van der Waals surface area contributed by atoms with Crippen LogP contribution < -0.4 is 11.1 Å². The lowest BCUT2D eigenvalue weighted by Gasteiger charge is -2.32. The minimum Gasteiger partial charge on any atom is -0.330 e. The van der Waals surface area contributed by atoms with Crippen molar-refractivity contribution in [1.82, 2.24) is 10.2 Å². The number of nitrogens with one attached hydrogen (secondary N) is 1. The predicted molar refractivity (Wildman–Crippen MR) is 70.5 cm³/mol. The van der Waals surface area contributed by atoms with Crippen LogP contribution in [0.5, 0.6) is 0 Å². The van der Waals surface area contributed by atoms with Crippen molar-refractivity contribution in [2.24, 2.45) is 23.0 Å². The molecule has 16 heavy (non-hydrogen) atoms. The van der Waals surface area contributed by atoms with Crippen LogP contribution >= 0.6 is 0 Å². The molecule has 0 aromatic rings. The van der Waals surface area contributed by atoms with Crippen LogP contribution in [0.15, 0.2) is 0 Å². The molecule has 1 saturated heterocycles. The molecule has 0 bridgehead atoms. The highest BCUT2D eigenvalue weighted by Crippen LogP contribution is 2.33. The molecule has 1 heterocycles. The fourth-order valence-corrected chi connectivity index (χ4v) is 2.44. The van der Waals surface area contributed by atoms with Crippen molar-refractivity contribution in [3.05, 3.63) is 0 Å². The van der Waals surface area contributed by atoms with Crippen molar-refractivity contribution in [3.8, 4) is 0 Å². The van der Waals surface area contributed by atoms with Gasteiger partial charge in [0.2, 0.25) is 0 Å². The van der Waals surface area contributed by atoms with Crippen molar-refractivity contribution < 1.29 is 0 Å². The first kappa shape index (κ1) is 13.9. The Morgan fingerprint density at radius 1 is 1.50 bits per heavy atom. The van der Waals surface area contributed by atoms with Crippen LogP contribution in [0.1, 0.15) is 27.2 Å². The van der Waals surface area contributed by atoms with Crippen LogP contribution in [0.25, 0.3) is 0 Å². The SMILES string of the molecule is CC(CN)CNCC(C)(C)C1CCN(C)C1. The first-order valence-electron chi connectivity index (χ1n) is 6.55. The molecule has 0 radical (unpaired) electrons. The average Bonchev–Trinajstić information content (AvgIpc) is 2.65. The fourth-order valence-electron chi connectivity index (χ4n) is 2.44. The first-order valence-corrected chi connectivity index (χ1v) is 6.55. The summed E-state index contributed by atoms with van der Waals surface area (Å²) in [5.41, 5.74) is 6.02. The van der Waals surface area contributed by atoms with Crippen LogP contribution in [0.4, 0.5) is 0 Å². The number of likely N-dealkylation sites (tertiary alicyclic amines) is 1.